The van der Waals surface area contributed by atoms with E-state index in [0.29, 0.717) is 66.9 Å². The minimum atomic E-state index is -0.843. The Hall–Kier alpha value is -7.86. The molecule has 0 saturated heterocycles. The molecule has 0 fully saturated rings. The van der Waals surface area contributed by atoms with Gasteiger partial charge in [0.25, 0.3) is 0 Å². The Morgan fingerprint density at radius 1 is 0.387 bits per heavy atom. The van der Waals surface area contributed by atoms with Crippen molar-refractivity contribution >= 4 is 78.7 Å². The summed E-state index contributed by atoms with van der Waals surface area (Å²) in [7, 11) is 3.15. The Labute approximate surface area is 347 Å². The topological polar surface area (TPSA) is 75.8 Å². The van der Waals surface area contributed by atoms with E-state index in [0.717, 1.165) is 51.9 Å². The number of nitrogens with zero attached hydrogens (tertiary/aromatic N) is 2. The van der Waals surface area contributed by atoms with E-state index >= 15 is 26.3 Å². The number of H-pyrrole nitrogens is 2. The Kier molecular flexibility index (Phi) is 8.30. The van der Waals surface area contributed by atoms with E-state index in [1.54, 1.807) is 50.7 Å². The van der Waals surface area contributed by atoms with Crippen molar-refractivity contribution < 1.29 is 35.8 Å². The molecule has 5 heterocycles. The number of benzene rings is 6. The number of methoxy groups -OCH3 is 2. The highest BCUT2D eigenvalue weighted by atomic mass is 19.2. The zero-order valence-electron chi connectivity index (χ0n) is 32.5. The lowest BCUT2D eigenvalue weighted by Crippen LogP contribution is -1.93. The summed E-state index contributed by atoms with van der Waals surface area (Å²) in [5.74, 6) is -3.80. The molecule has 62 heavy (non-hydrogen) atoms. The Balaban J connectivity index is 1.42. The molecule has 8 bridgehead atoms. The zero-order valence-corrected chi connectivity index (χ0v) is 32.5. The van der Waals surface area contributed by atoms with Crippen molar-refractivity contribution in [2.75, 3.05) is 14.2 Å². The first kappa shape index (κ1) is 37.2. The third kappa shape index (κ3) is 5.81. The minimum absolute atomic E-state index is 0.120. The van der Waals surface area contributed by atoms with Crippen molar-refractivity contribution in [3.8, 4) is 44.9 Å². The monoisotopic (exact) mass is 830 g/mol. The molecule has 0 amide bonds. The van der Waals surface area contributed by atoms with E-state index in [4.69, 9.17) is 19.4 Å². The van der Waals surface area contributed by atoms with Gasteiger partial charge in [-0.3, -0.25) is 0 Å². The predicted octanol–water partition coefficient (Wildman–Crippen LogP) is 13.4. The summed E-state index contributed by atoms with van der Waals surface area (Å²) in [6.45, 7) is 0. The normalized spacial score (nSPS) is 12.4. The van der Waals surface area contributed by atoms with Crippen LogP contribution in [0.2, 0.25) is 0 Å². The van der Waals surface area contributed by atoms with Gasteiger partial charge in [0, 0.05) is 78.4 Å². The van der Waals surface area contributed by atoms with E-state index in [2.05, 4.69) is 9.97 Å². The van der Waals surface area contributed by atoms with Gasteiger partial charge in [0.15, 0.2) is 0 Å². The van der Waals surface area contributed by atoms with Gasteiger partial charge in [-0.25, -0.2) is 36.3 Å². The Morgan fingerprint density at radius 2 is 0.823 bits per heavy atom. The quantitative estimate of drug-likeness (QED) is 0.169. The molecule has 302 valence electrons. The molecular weight excluding hydrogens is 803 g/mol. The fourth-order valence-electron chi connectivity index (χ4n) is 9.00. The van der Waals surface area contributed by atoms with Crippen LogP contribution in [0.15, 0.2) is 97.1 Å². The summed E-state index contributed by atoms with van der Waals surface area (Å²) in [5.41, 5.74) is 4.47. The first-order valence-electron chi connectivity index (χ1n) is 19.3. The molecule has 12 heteroatoms. The maximum atomic E-state index is 15.2. The third-order valence-electron chi connectivity index (χ3n) is 11.4. The highest BCUT2D eigenvalue weighted by Gasteiger charge is 2.24. The Morgan fingerprint density at radius 3 is 1.32 bits per heavy atom. The summed E-state index contributed by atoms with van der Waals surface area (Å²) in [4.78, 5) is 17.1. The van der Waals surface area contributed by atoms with Gasteiger partial charge in [0.05, 0.1) is 42.5 Å². The molecule has 6 aromatic carbocycles. The second kappa shape index (κ2) is 13.8. The number of hydrogen-bond acceptors (Lipinski definition) is 4. The first-order chi connectivity index (χ1) is 30.0. The molecule has 9 aromatic rings. The second-order valence-electron chi connectivity index (χ2n) is 15.0. The largest absolute Gasteiger partial charge is 0.496 e. The van der Waals surface area contributed by atoms with E-state index in [1.807, 2.05) is 30.3 Å². The van der Waals surface area contributed by atoms with Gasteiger partial charge >= 0.3 is 0 Å². The number of hydrogen-bond donors (Lipinski definition) is 2. The molecular formula is C50H28F6N4O2. The molecule has 0 saturated carbocycles. The molecule has 11 rings (SSSR count). The molecule has 6 nitrogen and oxygen atoms in total. The van der Waals surface area contributed by atoms with Gasteiger partial charge < -0.3 is 19.4 Å². The summed E-state index contributed by atoms with van der Waals surface area (Å²) in [6, 6.07) is 22.2. The van der Waals surface area contributed by atoms with Crippen LogP contribution in [-0.2, 0) is 0 Å². The highest BCUT2D eigenvalue weighted by molar-refractivity contribution is 6.33. The van der Waals surface area contributed by atoms with Crippen LogP contribution in [-0.4, -0.2) is 34.2 Å². The van der Waals surface area contributed by atoms with Gasteiger partial charge in [-0.15, -0.1) is 0 Å². The van der Waals surface area contributed by atoms with E-state index in [-0.39, 0.29) is 33.6 Å². The molecule has 2 aliphatic heterocycles. The number of ether oxygens (including phenoxy) is 2. The number of aromatic amines is 2. The molecule has 0 unspecified atom stereocenters. The highest BCUT2D eigenvalue weighted by Crippen LogP contribution is 2.47. The standard InChI is InChI=1S/C50H28F6N4O2/c1-61-42-11-4-33-47-32(42)3-12-43(62-2)49(47)34-22-41-46(25-17-30(55)21-31(56)18-25)39-8-7-37(58-39)44(23-13-26(51)19-27(52)14-23)35-5-6-36(57-35)45(24-15-28(53)20-29(54)16-24)38-9-10-40(59-38)48(33)50(34)60-41/h3-22,57,60H,1-2H3. The van der Waals surface area contributed by atoms with Crippen LogP contribution >= 0.6 is 0 Å². The maximum Gasteiger partial charge on any atom is 0.127 e. The fraction of sp³-hybridized carbons (Fsp3) is 0.0400. The van der Waals surface area contributed by atoms with Crippen molar-refractivity contribution in [1.29, 1.82) is 0 Å². The van der Waals surface area contributed by atoms with Crippen molar-refractivity contribution in [2.24, 2.45) is 0 Å². The summed E-state index contributed by atoms with van der Waals surface area (Å²) in [5, 5.41) is 4.37. The lowest BCUT2D eigenvalue weighted by molar-refractivity contribution is 0.418. The van der Waals surface area contributed by atoms with Crippen molar-refractivity contribution in [3.05, 3.63) is 155 Å². The lowest BCUT2D eigenvalue weighted by Gasteiger charge is -2.15. The summed E-state index contributed by atoms with van der Waals surface area (Å²) < 4.78 is 102. The molecule has 2 N–H and O–H groups in total. The van der Waals surface area contributed by atoms with Crippen LogP contribution in [0.1, 0.15) is 22.8 Å². The van der Waals surface area contributed by atoms with Crippen molar-refractivity contribution in [2.45, 2.75) is 0 Å². The molecule has 0 radical (unpaired) electrons. The molecule has 3 aromatic heterocycles. The predicted molar refractivity (Wildman–Crippen MR) is 232 cm³/mol. The van der Waals surface area contributed by atoms with Crippen LogP contribution in [0.5, 0.6) is 11.5 Å². The van der Waals surface area contributed by atoms with Gasteiger partial charge in [-0.05, 0) is 125 Å². The molecule has 2 aliphatic rings. The lowest BCUT2D eigenvalue weighted by atomic mass is 9.93. The van der Waals surface area contributed by atoms with E-state index in [1.165, 1.54) is 24.3 Å². The summed E-state index contributed by atoms with van der Waals surface area (Å²) >= 11 is 0. The molecule has 0 atom stereocenters. The fourth-order valence-corrected chi connectivity index (χ4v) is 9.00. The van der Waals surface area contributed by atoms with Crippen LogP contribution < -0.4 is 9.47 Å². The van der Waals surface area contributed by atoms with E-state index < -0.39 is 34.9 Å². The Bertz CT molecular complexity index is 3580. The van der Waals surface area contributed by atoms with Crippen molar-refractivity contribution in [1.82, 2.24) is 19.9 Å². The average molecular weight is 831 g/mol. The second-order valence-corrected chi connectivity index (χ2v) is 15.0. The van der Waals surface area contributed by atoms with Gasteiger partial charge in [0.1, 0.15) is 46.4 Å². The zero-order chi connectivity index (χ0) is 42.6. The SMILES string of the molecule is COc1ccc2c3c4nc(c(-c5cc(F)cc(F)c5)c5ccc([nH]5)c(-c5cc(F)cc(F)c5)c5nc(c(-c6cc(F)cc(F)c6)c6cc(c3[nH]6)c3c(OC)ccc1c23)C=C5)C=C4. The average Bonchev–Trinajstić information content (AvgIpc) is 4.07. The minimum Gasteiger partial charge on any atom is -0.496 e. The van der Waals surface area contributed by atoms with Crippen LogP contribution in [0.25, 0.3) is 112 Å². The van der Waals surface area contributed by atoms with Crippen molar-refractivity contribution in [3.63, 3.8) is 0 Å². The number of nitrogens with one attached hydrogen (secondary N) is 2. The third-order valence-corrected chi connectivity index (χ3v) is 11.4. The first-order valence-corrected chi connectivity index (χ1v) is 19.3. The smallest absolute Gasteiger partial charge is 0.127 e. The number of rotatable bonds is 5. The number of aromatic nitrogens is 4. The number of halogens is 6. The van der Waals surface area contributed by atoms with Gasteiger partial charge in [-0.1, -0.05) is 0 Å². The maximum absolute atomic E-state index is 15.2. The molecule has 0 spiro atoms. The summed E-state index contributed by atoms with van der Waals surface area (Å²) in [6.07, 6.45) is 6.85. The van der Waals surface area contributed by atoms with Crippen LogP contribution in [0.4, 0.5) is 26.3 Å². The number of fused-ring (bicyclic) bond motifs is 10. The van der Waals surface area contributed by atoms with Crippen LogP contribution in [0, 0.1) is 34.9 Å². The van der Waals surface area contributed by atoms with Gasteiger partial charge in [-0.2, -0.15) is 0 Å². The van der Waals surface area contributed by atoms with Gasteiger partial charge in [0.2, 0.25) is 0 Å². The molecule has 0 aliphatic carbocycles. The van der Waals surface area contributed by atoms with Crippen LogP contribution in [0.3, 0.4) is 0 Å². The van der Waals surface area contributed by atoms with E-state index in [9.17, 15) is 0 Å².